The van der Waals surface area contributed by atoms with Gasteiger partial charge < -0.3 is 25.0 Å². The van der Waals surface area contributed by atoms with Crippen molar-refractivity contribution in [2.45, 2.75) is 32.4 Å². The van der Waals surface area contributed by atoms with E-state index in [1.54, 1.807) is 0 Å². The molecule has 1 saturated heterocycles. The number of hydrogen-bond donors (Lipinski definition) is 2. The summed E-state index contributed by atoms with van der Waals surface area (Å²) in [6.07, 6.45) is 4.33. The van der Waals surface area contributed by atoms with Crippen LogP contribution in [0.15, 0.2) is 85.2 Å². The first kappa shape index (κ1) is 25.5. The van der Waals surface area contributed by atoms with E-state index < -0.39 is 0 Å². The molecule has 0 saturated carbocycles. The molecule has 2 atom stereocenters. The van der Waals surface area contributed by atoms with Gasteiger partial charge in [-0.2, -0.15) is 0 Å². The van der Waals surface area contributed by atoms with Crippen LogP contribution < -0.4 is 20.4 Å². The first-order valence-corrected chi connectivity index (χ1v) is 13.1. The number of nitrogens with one attached hydrogen (secondary N) is 2. The molecule has 7 nitrogen and oxygen atoms in total. The zero-order valence-corrected chi connectivity index (χ0v) is 22.9. The lowest BCUT2D eigenvalue weighted by atomic mass is 10.00. The lowest BCUT2D eigenvalue weighted by Gasteiger charge is -2.29. The summed E-state index contributed by atoms with van der Waals surface area (Å²) >= 11 is 5.92. The highest BCUT2D eigenvalue weighted by molar-refractivity contribution is 7.80. The minimum absolute atomic E-state index is 0.00887. The number of benzene rings is 2. The zero-order valence-electron chi connectivity index (χ0n) is 22.1. The molecule has 2 aromatic heterocycles. The second-order valence-corrected chi connectivity index (χ2v) is 10.00. The molecule has 1 amide bonds. The molecule has 0 bridgehead atoms. The number of thiocarbonyl (C=S) groups is 1. The third-order valence-electron chi connectivity index (χ3n) is 6.91. The number of carbonyl (C=O) groups is 1. The van der Waals surface area contributed by atoms with Gasteiger partial charge in [0.25, 0.3) is 0 Å². The van der Waals surface area contributed by atoms with Crippen LogP contribution in [0.3, 0.4) is 0 Å². The van der Waals surface area contributed by atoms with Gasteiger partial charge in [0.2, 0.25) is 5.91 Å². The lowest BCUT2D eigenvalue weighted by Crippen LogP contribution is -2.30. The van der Waals surface area contributed by atoms with Gasteiger partial charge in [0.05, 0.1) is 11.7 Å². The van der Waals surface area contributed by atoms with Crippen molar-refractivity contribution in [1.82, 2.24) is 14.9 Å². The smallest absolute Gasteiger partial charge is 0.224 e. The van der Waals surface area contributed by atoms with Crippen molar-refractivity contribution in [3.8, 4) is 5.69 Å². The fourth-order valence-electron chi connectivity index (χ4n) is 4.89. The molecule has 5 rings (SSSR count). The Hall–Kier alpha value is -4.17. The van der Waals surface area contributed by atoms with Crippen molar-refractivity contribution in [3.05, 3.63) is 102 Å². The Morgan fingerprint density at radius 2 is 1.82 bits per heavy atom. The molecule has 1 aliphatic heterocycles. The summed E-state index contributed by atoms with van der Waals surface area (Å²) in [5, 5.41) is 7.15. The summed E-state index contributed by atoms with van der Waals surface area (Å²) in [5.41, 5.74) is 6.95. The van der Waals surface area contributed by atoms with E-state index in [4.69, 9.17) is 12.2 Å². The number of aryl methyl sites for hydroxylation is 1. The quantitative estimate of drug-likeness (QED) is 0.299. The molecule has 38 heavy (non-hydrogen) atoms. The van der Waals surface area contributed by atoms with Crippen LogP contribution in [0.1, 0.15) is 42.4 Å². The summed E-state index contributed by atoms with van der Waals surface area (Å²) in [5.74, 6) is -0.00887. The summed E-state index contributed by atoms with van der Waals surface area (Å²) in [6.45, 7) is 3.85. The summed E-state index contributed by atoms with van der Waals surface area (Å²) in [4.78, 5) is 20.9. The molecule has 0 aliphatic carbocycles. The molecular formula is C30H32N6OS. The molecule has 194 valence electrons. The summed E-state index contributed by atoms with van der Waals surface area (Å²) in [7, 11) is 4.08. The van der Waals surface area contributed by atoms with Crippen LogP contribution >= 0.6 is 12.2 Å². The fraction of sp³-hybridized carbons (Fsp3) is 0.233. The predicted molar refractivity (Wildman–Crippen MR) is 158 cm³/mol. The Balaban J connectivity index is 1.59. The molecule has 0 spiro atoms. The van der Waals surface area contributed by atoms with Crippen LogP contribution in [0.25, 0.3) is 5.69 Å². The molecule has 2 aromatic carbocycles. The van der Waals surface area contributed by atoms with E-state index in [1.165, 1.54) is 0 Å². The van der Waals surface area contributed by atoms with Gasteiger partial charge in [0, 0.05) is 61.4 Å². The third-order valence-corrected chi connectivity index (χ3v) is 7.22. The van der Waals surface area contributed by atoms with Crippen LogP contribution in [0.5, 0.6) is 0 Å². The lowest BCUT2D eigenvalue weighted by molar-refractivity contribution is -0.115. The van der Waals surface area contributed by atoms with Crippen molar-refractivity contribution in [3.63, 3.8) is 0 Å². The maximum Gasteiger partial charge on any atom is 0.224 e. The molecule has 2 N–H and O–H groups in total. The monoisotopic (exact) mass is 524 g/mol. The number of carbonyl (C=O) groups excluding carboxylic acids is 1. The Bertz CT molecular complexity index is 1450. The number of nitrogens with zero attached hydrogens (tertiary/aromatic N) is 4. The largest absolute Gasteiger partial charge is 0.378 e. The first-order valence-electron chi connectivity index (χ1n) is 12.7. The van der Waals surface area contributed by atoms with Gasteiger partial charge in [-0.3, -0.25) is 9.78 Å². The number of hydrogen-bond acceptors (Lipinski definition) is 4. The Kier molecular flexibility index (Phi) is 7.15. The van der Waals surface area contributed by atoms with Crippen LogP contribution in [0.2, 0.25) is 0 Å². The molecule has 8 heteroatoms. The summed E-state index contributed by atoms with van der Waals surface area (Å²) in [6, 6.07) is 24.4. The van der Waals surface area contributed by atoms with Crippen molar-refractivity contribution in [2.75, 3.05) is 29.2 Å². The van der Waals surface area contributed by atoms with Crippen molar-refractivity contribution >= 4 is 40.3 Å². The van der Waals surface area contributed by atoms with Gasteiger partial charge >= 0.3 is 0 Å². The number of pyridine rings is 1. The van der Waals surface area contributed by atoms with E-state index in [-0.39, 0.29) is 18.0 Å². The SMILES string of the molecule is CCC(=O)Nc1ccc(N2C(=S)N[C@H](c3ccccn3)[C@@H]2c2cccn2-c2ccc(N(C)C)cc2)cc1C. The van der Waals surface area contributed by atoms with Gasteiger partial charge in [0.1, 0.15) is 6.04 Å². The van der Waals surface area contributed by atoms with Gasteiger partial charge in [0.15, 0.2) is 5.11 Å². The first-order chi connectivity index (χ1) is 18.4. The van der Waals surface area contributed by atoms with E-state index in [0.717, 1.165) is 39.7 Å². The van der Waals surface area contributed by atoms with Crippen LogP contribution in [0.4, 0.5) is 17.1 Å². The predicted octanol–water partition coefficient (Wildman–Crippen LogP) is 5.77. The van der Waals surface area contributed by atoms with E-state index in [1.807, 2.05) is 64.5 Å². The second-order valence-electron chi connectivity index (χ2n) is 9.61. The van der Waals surface area contributed by atoms with Crippen molar-refractivity contribution in [1.29, 1.82) is 0 Å². The fourth-order valence-corrected chi connectivity index (χ4v) is 5.24. The minimum Gasteiger partial charge on any atom is -0.378 e. The average molecular weight is 525 g/mol. The number of rotatable bonds is 7. The highest BCUT2D eigenvalue weighted by Gasteiger charge is 2.42. The van der Waals surface area contributed by atoms with Crippen LogP contribution in [-0.4, -0.2) is 34.7 Å². The van der Waals surface area contributed by atoms with Gasteiger partial charge in [-0.1, -0.05) is 13.0 Å². The number of amides is 1. The Morgan fingerprint density at radius 1 is 1.05 bits per heavy atom. The van der Waals surface area contributed by atoms with Gasteiger partial charge in [-0.25, -0.2) is 0 Å². The molecule has 0 radical (unpaired) electrons. The van der Waals surface area contributed by atoms with E-state index >= 15 is 0 Å². The highest BCUT2D eigenvalue weighted by Crippen LogP contribution is 2.43. The average Bonchev–Trinajstić information content (AvgIpc) is 3.54. The van der Waals surface area contributed by atoms with Crippen molar-refractivity contribution < 1.29 is 4.79 Å². The minimum atomic E-state index is -0.156. The van der Waals surface area contributed by atoms with Crippen LogP contribution in [-0.2, 0) is 4.79 Å². The van der Waals surface area contributed by atoms with Gasteiger partial charge in [-0.05, 0) is 91.4 Å². The van der Waals surface area contributed by atoms with Gasteiger partial charge in [-0.15, -0.1) is 0 Å². The van der Waals surface area contributed by atoms with Crippen molar-refractivity contribution in [2.24, 2.45) is 0 Å². The number of aromatic nitrogens is 2. The topological polar surface area (TPSA) is 65.4 Å². The zero-order chi connectivity index (χ0) is 26.8. The third kappa shape index (κ3) is 4.87. The molecular weight excluding hydrogens is 492 g/mol. The highest BCUT2D eigenvalue weighted by atomic mass is 32.1. The second kappa shape index (κ2) is 10.7. The maximum absolute atomic E-state index is 12.0. The van der Waals surface area contributed by atoms with E-state index in [0.29, 0.717) is 11.5 Å². The molecule has 3 heterocycles. The molecule has 1 fully saturated rings. The summed E-state index contributed by atoms with van der Waals surface area (Å²) < 4.78 is 2.21. The Morgan fingerprint density at radius 3 is 2.47 bits per heavy atom. The maximum atomic E-state index is 12.0. The molecule has 1 aliphatic rings. The van der Waals surface area contributed by atoms with E-state index in [2.05, 4.69) is 78.6 Å². The Labute approximate surface area is 229 Å². The standard InChI is InChI=1S/C30H32N6OS/c1-5-27(37)32-24-16-15-23(19-20(24)2)36-29(28(33-30(36)38)25-9-6-7-17-31-25)26-10-8-18-35(26)22-13-11-21(12-14-22)34(3)4/h6-19,28-29H,5H2,1-4H3,(H,32,37)(H,33,38)/t28-,29+/m1/s1. The normalized spacial score (nSPS) is 16.8. The molecule has 0 unspecified atom stereocenters. The van der Waals surface area contributed by atoms with Crippen LogP contribution in [0, 0.1) is 6.92 Å². The molecule has 4 aromatic rings. The van der Waals surface area contributed by atoms with E-state index in [9.17, 15) is 4.79 Å². The number of anilines is 3.